The molecule has 112 valence electrons. The SMILES string of the molecule is CCS(=O)(=O)c1cccc(CN=C(N(C)C)N(C)C)c1. The van der Waals surface area contributed by atoms with Crippen LogP contribution in [0, 0.1) is 0 Å². The summed E-state index contributed by atoms with van der Waals surface area (Å²) < 4.78 is 23.7. The molecule has 0 amide bonds. The molecule has 0 aliphatic rings. The molecule has 0 atom stereocenters. The average molecular weight is 297 g/mol. The molecule has 0 N–H and O–H groups in total. The molecule has 0 aromatic heterocycles. The Bertz CT molecular complexity index is 568. The third-order valence-electron chi connectivity index (χ3n) is 2.84. The molecule has 1 aromatic carbocycles. The molecular weight excluding hydrogens is 274 g/mol. The Morgan fingerprint density at radius 3 is 2.25 bits per heavy atom. The summed E-state index contributed by atoms with van der Waals surface area (Å²) in [4.78, 5) is 8.73. The summed E-state index contributed by atoms with van der Waals surface area (Å²) in [5, 5.41) is 0. The third-order valence-corrected chi connectivity index (χ3v) is 4.57. The van der Waals surface area contributed by atoms with E-state index >= 15 is 0 Å². The zero-order valence-corrected chi connectivity index (χ0v) is 13.6. The molecule has 1 rings (SSSR count). The van der Waals surface area contributed by atoms with Crippen LogP contribution in [0.2, 0.25) is 0 Å². The van der Waals surface area contributed by atoms with E-state index in [1.165, 1.54) is 0 Å². The van der Waals surface area contributed by atoms with Crippen molar-refractivity contribution in [2.45, 2.75) is 18.4 Å². The number of hydrogen-bond acceptors (Lipinski definition) is 3. The van der Waals surface area contributed by atoms with Gasteiger partial charge in [0, 0.05) is 28.2 Å². The first-order valence-corrected chi connectivity index (χ1v) is 8.14. The molecule has 0 saturated carbocycles. The Hall–Kier alpha value is -1.56. The quantitative estimate of drug-likeness (QED) is 0.624. The molecule has 0 spiro atoms. The fourth-order valence-electron chi connectivity index (χ4n) is 1.85. The second-order valence-electron chi connectivity index (χ2n) is 4.96. The van der Waals surface area contributed by atoms with E-state index in [1.54, 1.807) is 25.1 Å². The summed E-state index contributed by atoms with van der Waals surface area (Å²) in [6.07, 6.45) is 0. The Morgan fingerprint density at radius 1 is 1.15 bits per heavy atom. The van der Waals surface area contributed by atoms with E-state index in [2.05, 4.69) is 4.99 Å². The van der Waals surface area contributed by atoms with E-state index in [0.717, 1.165) is 11.5 Å². The van der Waals surface area contributed by atoms with E-state index < -0.39 is 9.84 Å². The van der Waals surface area contributed by atoms with Gasteiger partial charge in [-0.2, -0.15) is 0 Å². The molecule has 0 heterocycles. The highest BCUT2D eigenvalue weighted by Crippen LogP contribution is 2.14. The zero-order valence-electron chi connectivity index (χ0n) is 12.8. The zero-order chi connectivity index (χ0) is 15.3. The van der Waals surface area contributed by atoms with E-state index in [4.69, 9.17) is 0 Å². The van der Waals surface area contributed by atoms with Crippen molar-refractivity contribution >= 4 is 15.8 Å². The summed E-state index contributed by atoms with van der Waals surface area (Å²) in [5.74, 6) is 0.953. The van der Waals surface area contributed by atoms with Gasteiger partial charge in [0.15, 0.2) is 15.8 Å². The van der Waals surface area contributed by atoms with Crippen LogP contribution in [-0.2, 0) is 16.4 Å². The van der Waals surface area contributed by atoms with Gasteiger partial charge in [-0.05, 0) is 17.7 Å². The Kier molecular flexibility index (Phi) is 5.56. The summed E-state index contributed by atoms with van der Waals surface area (Å²) in [6.45, 7) is 2.11. The minimum Gasteiger partial charge on any atom is -0.349 e. The Morgan fingerprint density at radius 2 is 1.75 bits per heavy atom. The lowest BCUT2D eigenvalue weighted by Crippen LogP contribution is -2.35. The van der Waals surface area contributed by atoms with Crippen molar-refractivity contribution in [1.82, 2.24) is 9.80 Å². The van der Waals surface area contributed by atoms with E-state index in [-0.39, 0.29) is 5.75 Å². The second-order valence-corrected chi connectivity index (χ2v) is 7.23. The van der Waals surface area contributed by atoms with Gasteiger partial charge in [0.25, 0.3) is 0 Å². The average Bonchev–Trinajstić information content (AvgIpc) is 2.38. The number of hydrogen-bond donors (Lipinski definition) is 0. The highest BCUT2D eigenvalue weighted by atomic mass is 32.2. The van der Waals surface area contributed by atoms with Crippen molar-refractivity contribution in [2.24, 2.45) is 4.99 Å². The molecule has 5 nitrogen and oxygen atoms in total. The van der Waals surface area contributed by atoms with Gasteiger partial charge in [-0.1, -0.05) is 19.1 Å². The molecule has 0 saturated heterocycles. The normalized spacial score (nSPS) is 11.1. The second kappa shape index (κ2) is 6.74. The van der Waals surface area contributed by atoms with Crippen LogP contribution in [0.15, 0.2) is 34.2 Å². The standard InChI is InChI=1S/C14H23N3O2S/c1-6-20(18,19)13-9-7-8-12(10-13)11-15-14(16(2)3)17(4)5/h7-10H,6,11H2,1-5H3. The highest BCUT2D eigenvalue weighted by molar-refractivity contribution is 7.91. The van der Waals surface area contributed by atoms with Gasteiger partial charge in [0.1, 0.15) is 0 Å². The number of guanidine groups is 1. The predicted molar refractivity (Wildman–Crippen MR) is 82.7 cm³/mol. The minimum atomic E-state index is -3.16. The molecule has 0 unspecified atom stereocenters. The number of sulfone groups is 1. The van der Waals surface area contributed by atoms with Gasteiger partial charge in [-0.3, -0.25) is 0 Å². The minimum absolute atomic E-state index is 0.111. The van der Waals surface area contributed by atoms with Crippen molar-refractivity contribution in [3.63, 3.8) is 0 Å². The first kappa shape index (κ1) is 16.5. The molecule has 0 aliphatic carbocycles. The van der Waals surface area contributed by atoms with Gasteiger partial charge in [-0.15, -0.1) is 0 Å². The molecule has 6 heteroatoms. The van der Waals surface area contributed by atoms with Crippen molar-refractivity contribution < 1.29 is 8.42 Å². The number of rotatable bonds is 4. The van der Waals surface area contributed by atoms with E-state index in [1.807, 2.05) is 44.1 Å². The van der Waals surface area contributed by atoms with Crippen LogP contribution in [0.25, 0.3) is 0 Å². The monoisotopic (exact) mass is 297 g/mol. The van der Waals surface area contributed by atoms with Crippen molar-refractivity contribution in [3.05, 3.63) is 29.8 Å². The summed E-state index contributed by atoms with van der Waals surface area (Å²) in [7, 11) is 4.55. The molecule has 0 fully saturated rings. The molecule has 0 aliphatic heterocycles. The van der Waals surface area contributed by atoms with E-state index in [0.29, 0.717) is 11.4 Å². The number of benzene rings is 1. The summed E-state index contributed by atoms with van der Waals surface area (Å²) >= 11 is 0. The lowest BCUT2D eigenvalue weighted by molar-refractivity contribution is 0.479. The van der Waals surface area contributed by atoms with Gasteiger partial charge >= 0.3 is 0 Å². The summed E-state index contributed by atoms with van der Waals surface area (Å²) in [5.41, 5.74) is 0.890. The van der Waals surface area contributed by atoms with Crippen LogP contribution in [0.1, 0.15) is 12.5 Å². The maximum absolute atomic E-state index is 11.9. The summed E-state index contributed by atoms with van der Waals surface area (Å²) in [6, 6.07) is 6.98. The third kappa shape index (κ3) is 4.23. The van der Waals surface area contributed by atoms with Gasteiger partial charge in [0.2, 0.25) is 0 Å². The smallest absolute Gasteiger partial charge is 0.195 e. The van der Waals surface area contributed by atoms with Crippen LogP contribution in [-0.4, -0.2) is 58.1 Å². The van der Waals surface area contributed by atoms with Gasteiger partial charge in [0.05, 0.1) is 17.2 Å². The molecule has 0 bridgehead atoms. The predicted octanol–water partition coefficient (Wildman–Crippen LogP) is 1.46. The number of aliphatic imine (C=N–C) groups is 1. The van der Waals surface area contributed by atoms with Crippen molar-refractivity contribution in [1.29, 1.82) is 0 Å². The largest absolute Gasteiger partial charge is 0.349 e. The maximum Gasteiger partial charge on any atom is 0.195 e. The maximum atomic E-state index is 11.9. The Labute approximate surface area is 121 Å². The Balaban J connectivity index is 3.00. The molecule has 0 radical (unpaired) electrons. The van der Waals surface area contributed by atoms with Crippen LogP contribution in [0.4, 0.5) is 0 Å². The van der Waals surface area contributed by atoms with Crippen molar-refractivity contribution in [2.75, 3.05) is 33.9 Å². The first-order chi connectivity index (χ1) is 9.27. The fraction of sp³-hybridized carbons (Fsp3) is 0.500. The van der Waals surface area contributed by atoms with Crippen LogP contribution >= 0.6 is 0 Å². The van der Waals surface area contributed by atoms with Crippen LogP contribution < -0.4 is 0 Å². The topological polar surface area (TPSA) is 53.0 Å². The molecule has 20 heavy (non-hydrogen) atoms. The van der Waals surface area contributed by atoms with Crippen LogP contribution in [0.3, 0.4) is 0 Å². The van der Waals surface area contributed by atoms with Crippen LogP contribution in [0.5, 0.6) is 0 Å². The molecule has 1 aromatic rings. The fourth-order valence-corrected chi connectivity index (χ4v) is 2.80. The van der Waals surface area contributed by atoms with Crippen molar-refractivity contribution in [3.8, 4) is 0 Å². The van der Waals surface area contributed by atoms with Gasteiger partial charge in [-0.25, -0.2) is 13.4 Å². The van der Waals surface area contributed by atoms with E-state index in [9.17, 15) is 8.42 Å². The number of nitrogens with zero attached hydrogens (tertiary/aromatic N) is 3. The van der Waals surface area contributed by atoms with Gasteiger partial charge < -0.3 is 9.80 Å². The molecular formula is C14H23N3O2S. The first-order valence-electron chi connectivity index (χ1n) is 6.48. The highest BCUT2D eigenvalue weighted by Gasteiger charge is 2.11. The lowest BCUT2D eigenvalue weighted by atomic mass is 10.2. The lowest BCUT2D eigenvalue weighted by Gasteiger charge is -2.22.